The monoisotopic (exact) mass is 371 g/mol. The smallest absolute Gasteiger partial charge is 0.279 e. The largest absolute Gasteiger partial charge is 0.497 e. The minimum atomic E-state index is -0.253. The number of ether oxygens (including phenoxy) is 1. The van der Waals surface area contributed by atoms with Gasteiger partial charge in [0.15, 0.2) is 13.1 Å². The van der Waals surface area contributed by atoms with Crippen LogP contribution in [0.2, 0.25) is 0 Å². The molecule has 8 nitrogen and oxygen atoms in total. The molecular weight excluding hydrogens is 348 g/mol. The number of quaternary nitrogens is 1. The molecule has 0 spiro atoms. The molecule has 0 aromatic heterocycles. The van der Waals surface area contributed by atoms with Gasteiger partial charge in [0.1, 0.15) is 5.75 Å². The number of carbonyl (C=O) groups is 3. The van der Waals surface area contributed by atoms with Crippen LogP contribution in [-0.4, -0.2) is 45.0 Å². The third-order valence-electron chi connectivity index (χ3n) is 3.72. The summed E-state index contributed by atoms with van der Waals surface area (Å²) in [7, 11) is 3.12. The minimum Gasteiger partial charge on any atom is -0.497 e. The Morgan fingerprint density at radius 3 is 2.00 bits per heavy atom. The summed E-state index contributed by atoms with van der Waals surface area (Å²) in [6.45, 7) is 0.321. The van der Waals surface area contributed by atoms with Gasteiger partial charge < -0.3 is 26.0 Å². The molecule has 142 valence electrons. The Morgan fingerprint density at radius 1 is 0.852 bits per heavy atom. The van der Waals surface area contributed by atoms with E-state index in [-0.39, 0.29) is 30.8 Å². The number of anilines is 2. The van der Waals surface area contributed by atoms with Crippen LogP contribution in [0.4, 0.5) is 11.4 Å². The summed E-state index contributed by atoms with van der Waals surface area (Å²) in [6, 6.07) is 13.6. The number of hydrogen-bond acceptors (Lipinski definition) is 4. The maximum atomic E-state index is 12.3. The third-order valence-corrected chi connectivity index (χ3v) is 3.72. The molecule has 0 fully saturated rings. The highest BCUT2D eigenvalue weighted by atomic mass is 16.5. The van der Waals surface area contributed by atoms with Crippen molar-refractivity contribution in [2.24, 2.45) is 0 Å². The van der Waals surface area contributed by atoms with E-state index in [9.17, 15) is 14.4 Å². The number of nitrogens with two attached hydrogens (primary N) is 1. The average Bonchev–Trinajstić information content (AvgIpc) is 2.68. The second-order valence-corrected chi connectivity index (χ2v) is 5.68. The molecule has 0 unspecified atom stereocenters. The van der Waals surface area contributed by atoms with Gasteiger partial charge in [-0.1, -0.05) is 0 Å². The summed E-state index contributed by atoms with van der Waals surface area (Å²) in [5.41, 5.74) is 1.70. The van der Waals surface area contributed by atoms with Crippen LogP contribution in [-0.2, 0) is 9.59 Å². The van der Waals surface area contributed by atoms with Gasteiger partial charge >= 0.3 is 0 Å². The molecule has 8 heteroatoms. The fraction of sp³-hybridized carbons (Fsp3) is 0.211. The molecule has 0 aliphatic heterocycles. The maximum Gasteiger partial charge on any atom is 0.279 e. The standard InChI is InChI=1S/C19H22N4O4/c1-20-17(24)11-21-12-18(25)22-14-5-3-13(4-6-14)19(26)23-15-7-9-16(27-2)10-8-15/h3-10,21H,11-12H2,1-2H3,(H,20,24)(H,22,25)(H,23,26)/p+1. The first-order valence-corrected chi connectivity index (χ1v) is 8.39. The van der Waals surface area contributed by atoms with Crippen LogP contribution < -0.4 is 26.0 Å². The van der Waals surface area contributed by atoms with Crippen molar-refractivity contribution in [3.63, 3.8) is 0 Å². The third kappa shape index (κ3) is 6.44. The predicted molar refractivity (Wildman–Crippen MR) is 102 cm³/mol. The lowest BCUT2D eigenvalue weighted by Gasteiger charge is -2.08. The van der Waals surface area contributed by atoms with Crippen molar-refractivity contribution in [2.45, 2.75) is 0 Å². The first-order chi connectivity index (χ1) is 13.0. The van der Waals surface area contributed by atoms with Crippen LogP contribution >= 0.6 is 0 Å². The van der Waals surface area contributed by atoms with Crippen molar-refractivity contribution >= 4 is 29.1 Å². The van der Waals surface area contributed by atoms with E-state index in [2.05, 4.69) is 16.0 Å². The van der Waals surface area contributed by atoms with Crippen molar-refractivity contribution in [1.29, 1.82) is 0 Å². The Morgan fingerprint density at radius 2 is 1.41 bits per heavy atom. The lowest BCUT2D eigenvalue weighted by molar-refractivity contribution is -0.632. The van der Waals surface area contributed by atoms with Gasteiger partial charge in [-0.15, -0.1) is 0 Å². The molecule has 0 saturated carbocycles. The van der Waals surface area contributed by atoms with Gasteiger partial charge in [0, 0.05) is 24.0 Å². The Labute approximate surface area is 157 Å². The topological polar surface area (TPSA) is 113 Å². The van der Waals surface area contributed by atoms with E-state index in [4.69, 9.17) is 4.74 Å². The van der Waals surface area contributed by atoms with Crippen LogP contribution in [0.3, 0.4) is 0 Å². The van der Waals surface area contributed by atoms with E-state index in [0.29, 0.717) is 22.7 Å². The van der Waals surface area contributed by atoms with E-state index in [1.807, 2.05) is 0 Å². The summed E-state index contributed by atoms with van der Waals surface area (Å²) in [5.74, 6) is 0.0852. The fourth-order valence-electron chi connectivity index (χ4n) is 2.23. The molecule has 2 rings (SSSR count). The number of nitrogens with one attached hydrogen (secondary N) is 3. The highest BCUT2D eigenvalue weighted by molar-refractivity contribution is 6.04. The first-order valence-electron chi connectivity index (χ1n) is 8.39. The number of carbonyl (C=O) groups excluding carboxylic acids is 3. The number of benzene rings is 2. The van der Waals surface area contributed by atoms with Crippen LogP contribution in [0.5, 0.6) is 5.75 Å². The summed E-state index contributed by atoms with van der Waals surface area (Å²) in [6.07, 6.45) is 0. The fourth-order valence-corrected chi connectivity index (χ4v) is 2.23. The molecule has 3 amide bonds. The quantitative estimate of drug-likeness (QED) is 0.531. The molecule has 2 aromatic rings. The van der Waals surface area contributed by atoms with E-state index < -0.39 is 0 Å². The minimum absolute atomic E-state index is 0.132. The van der Waals surface area contributed by atoms with Crippen molar-refractivity contribution in [3.8, 4) is 5.75 Å². The van der Waals surface area contributed by atoms with Crippen molar-refractivity contribution in [2.75, 3.05) is 37.9 Å². The molecule has 0 radical (unpaired) electrons. The van der Waals surface area contributed by atoms with E-state index in [1.165, 1.54) is 0 Å². The molecule has 2 aromatic carbocycles. The summed E-state index contributed by atoms with van der Waals surface area (Å²) in [5, 5.41) is 9.59. The van der Waals surface area contributed by atoms with Crippen molar-refractivity contribution in [3.05, 3.63) is 54.1 Å². The van der Waals surface area contributed by atoms with Gasteiger partial charge in [0.2, 0.25) is 0 Å². The van der Waals surface area contributed by atoms with Crippen molar-refractivity contribution in [1.82, 2.24) is 5.32 Å². The lowest BCUT2D eigenvalue weighted by atomic mass is 10.2. The molecule has 0 saturated heterocycles. The Kier molecular flexibility index (Phi) is 7.33. The van der Waals surface area contributed by atoms with Gasteiger partial charge in [-0.3, -0.25) is 14.4 Å². The Bertz CT molecular complexity index is 788. The van der Waals surface area contributed by atoms with E-state index in [0.717, 1.165) is 0 Å². The predicted octanol–water partition coefficient (Wildman–Crippen LogP) is 0.195. The molecule has 0 bridgehead atoms. The molecule has 5 N–H and O–H groups in total. The van der Waals surface area contributed by atoms with Crippen LogP contribution in [0.15, 0.2) is 48.5 Å². The Balaban J connectivity index is 1.85. The molecule has 0 atom stereocenters. The van der Waals surface area contributed by atoms with E-state index in [1.54, 1.807) is 68.0 Å². The highest BCUT2D eigenvalue weighted by Crippen LogP contribution is 2.16. The van der Waals surface area contributed by atoms with Gasteiger partial charge in [-0.05, 0) is 48.5 Å². The number of rotatable bonds is 8. The second kappa shape index (κ2) is 9.93. The summed E-state index contributed by atoms with van der Waals surface area (Å²) < 4.78 is 5.08. The Hall–Kier alpha value is -3.39. The average molecular weight is 371 g/mol. The first kappa shape index (κ1) is 19.9. The number of methoxy groups -OCH3 is 1. The molecule has 0 heterocycles. The normalized spacial score (nSPS) is 10.0. The van der Waals surface area contributed by atoms with Crippen LogP contribution in [0.1, 0.15) is 10.4 Å². The molecular formula is C19H23N4O4+. The molecule has 0 aliphatic rings. The zero-order valence-electron chi connectivity index (χ0n) is 15.2. The maximum absolute atomic E-state index is 12.3. The molecule has 27 heavy (non-hydrogen) atoms. The molecule has 0 aliphatic carbocycles. The number of amides is 3. The zero-order chi connectivity index (χ0) is 19.6. The summed E-state index contributed by atoms with van der Waals surface area (Å²) >= 11 is 0. The van der Waals surface area contributed by atoms with Gasteiger partial charge in [0.05, 0.1) is 7.11 Å². The van der Waals surface area contributed by atoms with Crippen molar-refractivity contribution < 1.29 is 24.4 Å². The highest BCUT2D eigenvalue weighted by Gasteiger charge is 2.09. The van der Waals surface area contributed by atoms with Crippen LogP contribution in [0.25, 0.3) is 0 Å². The lowest BCUT2D eigenvalue weighted by Crippen LogP contribution is -2.88. The van der Waals surface area contributed by atoms with Gasteiger partial charge in [0.25, 0.3) is 17.7 Å². The van der Waals surface area contributed by atoms with Gasteiger partial charge in [-0.25, -0.2) is 0 Å². The SMILES string of the molecule is CNC(=O)C[NH2+]CC(=O)Nc1ccc(C(=O)Nc2ccc(OC)cc2)cc1. The second-order valence-electron chi connectivity index (χ2n) is 5.68. The van der Waals surface area contributed by atoms with Crippen LogP contribution in [0, 0.1) is 0 Å². The van der Waals surface area contributed by atoms with E-state index >= 15 is 0 Å². The van der Waals surface area contributed by atoms with Gasteiger partial charge in [-0.2, -0.15) is 0 Å². The number of hydrogen-bond donors (Lipinski definition) is 4. The summed E-state index contributed by atoms with van der Waals surface area (Å²) in [4.78, 5) is 35.2. The zero-order valence-corrected chi connectivity index (χ0v) is 15.2. The number of likely N-dealkylation sites (N-methyl/N-ethyl adjacent to an activating group) is 1.